The summed E-state index contributed by atoms with van der Waals surface area (Å²) in [6, 6.07) is 0. The first-order valence-corrected chi connectivity index (χ1v) is 2.46. The Morgan fingerprint density at radius 1 is 1.50 bits per heavy atom. The maximum absolute atomic E-state index is 8.39. The van der Waals surface area contributed by atoms with Crippen LogP contribution in [-0.4, -0.2) is 10.1 Å². The minimum Gasteiger partial charge on any atom is -0.466 e. The Bertz CT molecular complexity index is 178. The average Bonchev–Trinajstić information content (AvgIpc) is 1.85. The van der Waals surface area contributed by atoms with Crippen LogP contribution in [0.25, 0.3) is 0 Å². The van der Waals surface area contributed by atoms with Crippen LogP contribution in [0.4, 0.5) is 0 Å². The van der Waals surface area contributed by atoms with Crippen LogP contribution in [0.15, 0.2) is 4.42 Å². The Hall–Kier alpha value is -0.410. The lowest BCUT2D eigenvalue weighted by Gasteiger charge is -1.71. The number of hydrogen-bond donors (Lipinski definition) is 1. The molecule has 0 spiro atoms. The van der Waals surface area contributed by atoms with Gasteiger partial charge in [0.2, 0.25) is 5.22 Å². The lowest BCUT2D eigenvalue weighted by Crippen LogP contribution is -1.57. The van der Waals surface area contributed by atoms with Gasteiger partial charge in [-0.3, -0.25) is 0 Å². The molecule has 1 N–H and O–H groups in total. The van der Waals surface area contributed by atoms with Crippen LogP contribution < -0.4 is 0 Å². The normalized spacial score (nSPS) is 9.75. The first kappa shape index (κ1) is 5.72. The van der Waals surface area contributed by atoms with Crippen molar-refractivity contribution < 1.29 is 9.52 Å². The predicted octanol–water partition coefficient (Wildman–Crippen LogP) is 1.69. The third-order valence-corrected chi connectivity index (χ3v) is 1.15. The quantitative estimate of drug-likeness (QED) is 0.618. The van der Waals surface area contributed by atoms with E-state index in [0.29, 0.717) is 0 Å². The first-order valence-electron chi connectivity index (χ1n) is 1.71. The molecule has 1 heterocycles. The highest BCUT2D eigenvalue weighted by atomic mass is 35.5. The van der Waals surface area contributed by atoms with Crippen molar-refractivity contribution in [3.05, 3.63) is 10.4 Å². The summed E-state index contributed by atoms with van der Waals surface area (Å²) in [5.41, 5.74) is 0. The third-order valence-electron chi connectivity index (χ3n) is 0.537. The highest BCUT2D eigenvalue weighted by molar-refractivity contribution is 6.40. The number of hydrogen-bond acceptors (Lipinski definition) is 3. The molecule has 1 aromatic heterocycles. The van der Waals surface area contributed by atoms with Gasteiger partial charge in [0.25, 0.3) is 0 Å². The summed E-state index contributed by atoms with van der Waals surface area (Å²) < 4.78 is 4.29. The van der Waals surface area contributed by atoms with Gasteiger partial charge in [-0.15, -0.1) is 0 Å². The number of oxazole rings is 1. The molecule has 0 aliphatic carbocycles. The second-order valence-electron chi connectivity index (χ2n) is 1.06. The zero-order valence-corrected chi connectivity index (χ0v) is 5.07. The second-order valence-corrected chi connectivity index (χ2v) is 1.76. The van der Waals surface area contributed by atoms with Crippen LogP contribution in [0.5, 0.6) is 6.08 Å². The van der Waals surface area contributed by atoms with Crippen LogP contribution >= 0.6 is 23.2 Å². The maximum Gasteiger partial charge on any atom is 0.393 e. The predicted molar refractivity (Wildman–Crippen MR) is 28.2 cm³/mol. The average molecular weight is 154 g/mol. The van der Waals surface area contributed by atoms with Crippen molar-refractivity contribution in [1.82, 2.24) is 4.98 Å². The molecule has 1 rings (SSSR count). The summed E-state index contributed by atoms with van der Waals surface area (Å²) in [5, 5.41) is 8.27. The second kappa shape index (κ2) is 1.84. The topological polar surface area (TPSA) is 46.3 Å². The van der Waals surface area contributed by atoms with E-state index in [4.69, 9.17) is 28.3 Å². The Morgan fingerprint density at radius 2 is 2.12 bits per heavy atom. The molecule has 0 aromatic carbocycles. The monoisotopic (exact) mass is 153 g/mol. The van der Waals surface area contributed by atoms with Crippen molar-refractivity contribution in [3.63, 3.8) is 0 Å². The molecule has 0 aliphatic rings. The molecule has 0 amide bonds. The molecule has 0 atom stereocenters. The van der Waals surface area contributed by atoms with E-state index in [1.807, 2.05) is 0 Å². The van der Waals surface area contributed by atoms with E-state index in [9.17, 15) is 0 Å². The standard InChI is InChI=1S/C3HCl2NO2/c4-1-2(5)8-3(7)6-1/h(H,6,7). The SMILES string of the molecule is Oc1nc(Cl)c(Cl)o1. The fourth-order valence-corrected chi connectivity index (χ4v) is 0.495. The van der Waals surface area contributed by atoms with Gasteiger partial charge < -0.3 is 9.52 Å². The summed E-state index contributed by atoms with van der Waals surface area (Å²) in [7, 11) is 0. The number of rotatable bonds is 0. The minimum atomic E-state index is -0.514. The first-order chi connectivity index (χ1) is 3.70. The Balaban J connectivity index is 3.14. The van der Waals surface area contributed by atoms with Gasteiger partial charge in [0.05, 0.1) is 0 Å². The third kappa shape index (κ3) is 0.877. The summed E-state index contributed by atoms with van der Waals surface area (Å²) in [6.07, 6.45) is -0.514. The molecular formula is C3HCl2NO2. The molecule has 1 aromatic rings. The summed E-state index contributed by atoms with van der Waals surface area (Å²) in [6.45, 7) is 0. The lowest BCUT2D eigenvalue weighted by molar-refractivity contribution is 0.316. The highest BCUT2D eigenvalue weighted by Gasteiger charge is 2.05. The van der Waals surface area contributed by atoms with Gasteiger partial charge >= 0.3 is 6.08 Å². The molecule has 0 saturated heterocycles. The van der Waals surface area contributed by atoms with Crippen molar-refractivity contribution >= 4 is 23.2 Å². The van der Waals surface area contributed by atoms with Gasteiger partial charge in [0.1, 0.15) is 0 Å². The molecule has 0 unspecified atom stereocenters. The minimum absolute atomic E-state index is 0.0239. The summed E-state index contributed by atoms with van der Waals surface area (Å²) in [4.78, 5) is 3.23. The van der Waals surface area contributed by atoms with Crippen molar-refractivity contribution in [2.45, 2.75) is 0 Å². The van der Waals surface area contributed by atoms with Gasteiger partial charge in [-0.2, -0.15) is 4.98 Å². The van der Waals surface area contributed by atoms with Gasteiger partial charge in [-0.05, 0) is 11.6 Å². The van der Waals surface area contributed by atoms with Crippen LogP contribution in [0.2, 0.25) is 10.4 Å². The van der Waals surface area contributed by atoms with Crippen LogP contribution in [0, 0.1) is 0 Å². The van der Waals surface area contributed by atoms with E-state index in [1.165, 1.54) is 0 Å². The fourth-order valence-electron chi connectivity index (χ4n) is 0.273. The number of aromatic hydroxyl groups is 1. The Labute approximate surface area is 54.8 Å². The summed E-state index contributed by atoms with van der Waals surface area (Å²) in [5.74, 6) is 0. The molecule has 0 fully saturated rings. The van der Waals surface area contributed by atoms with Crippen molar-refractivity contribution in [2.24, 2.45) is 0 Å². The Kier molecular flexibility index (Phi) is 1.31. The number of nitrogens with zero attached hydrogens (tertiary/aromatic N) is 1. The molecule has 0 bridgehead atoms. The molecule has 0 saturated carbocycles. The maximum atomic E-state index is 8.39. The van der Waals surface area contributed by atoms with E-state index in [2.05, 4.69) is 9.40 Å². The lowest BCUT2D eigenvalue weighted by atomic mass is 11.0. The summed E-state index contributed by atoms with van der Waals surface area (Å²) >= 11 is 10.4. The highest BCUT2D eigenvalue weighted by Crippen LogP contribution is 2.24. The number of aromatic nitrogens is 1. The molecular weight excluding hydrogens is 153 g/mol. The van der Waals surface area contributed by atoms with E-state index in [0.717, 1.165) is 0 Å². The van der Waals surface area contributed by atoms with E-state index in [-0.39, 0.29) is 10.4 Å². The van der Waals surface area contributed by atoms with Gasteiger partial charge in [0, 0.05) is 0 Å². The van der Waals surface area contributed by atoms with Crippen molar-refractivity contribution in [1.29, 1.82) is 0 Å². The van der Waals surface area contributed by atoms with Crippen LogP contribution in [-0.2, 0) is 0 Å². The molecule has 8 heavy (non-hydrogen) atoms. The van der Waals surface area contributed by atoms with Crippen LogP contribution in [0.3, 0.4) is 0 Å². The molecule has 0 aliphatic heterocycles. The zero-order chi connectivity index (χ0) is 6.15. The van der Waals surface area contributed by atoms with Crippen LogP contribution in [0.1, 0.15) is 0 Å². The van der Waals surface area contributed by atoms with Gasteiger partial charge in [-0.1, -0.05) is 11.6 Å². The van der Waals surface area contributed by atoms with Gasteiger partial charge in [0.15, 0.2) is 5.15 Å². The zero-order valence-electron chi connectivity index (χ0n) is 3.56. The fraction of sp³-hybridized carbons (Fsp3) is 0. The van der Waals surface area contributed by atoms with Crippen molar-refractivity contribution in [3.8, 4) is 6.08 Å². The molecule has 44 valence electrons. The molecule has 3 nitrogen and oxygen atoms in total. The van der Waals surface area contributed by atoms with Crippen molar-refractivity contribution in [2.75, 3.05) is 0 Å². The number of halogens is 2. The van der Waals surface area contributed by atoms with Gasteiger partial charge in [-0.25, -0.2) is 0 Å². The molecule has 5 heteroatoms. The molecule has 0 radical (unpaired) electrons. The van der Waals surface area contributed by atoms with E-state index < -0.39 is 6.08 Å². The van der Waals surface area contributed by atoms with E-state index >= 15 is 0 Å². The Morgan fingerprint density at radius 3 is 2.25 bits per heavy atom. The smallest absolute Gasteiger partial charge is 0.393 e. The van der Waals surface area contributed by atoms with E-state index in [1.54, 1.807) is 0 Å². The largest absolute Gasteiger partial charge is 0.466 e.